The Morgan fingerprint density at radius 1 is 0.781 bits per heavy atom. The lowest BCUT2D eigenvalue weighted by Gasteiger charge is -2.31. The summed E-state index contributed by atoms with van der Waals surface area (Å²) in [5.41, 5.74) is 9.33. The third-order valence-corrected chi connectivity index (χ3v) is 6.79. The zero-order chi connectivity index (χ0) is 23.2. The second kappa shape index (κ2) is 8.54. The summed E-state index contributed by atoms with van der Waals surface area (Å²) in [4.78, 5) is 4.67. The Balaban J connectivity index is 2.02. The molecular formula is C29H37N3. The lowest BCUT2D eigenvalue weighted by molar-refractivity contribution is 0.381. The Kier molecular flexibility index (Phi) is 5.94. The number of hydrogen-bond acceptors (Lipinski definition) is 2. The maximum absolute atomic E-state index is 2.51. The molecule has 3 heteroatoms. The third-order valence-electron chi connectivity index (χ3n) is 6.79. The molecule has 0 aliphatic carbocycles. The first-order chi connectivity index (χ1) is 15.2. The van der Waals surface area contributed by atoms with Crippen LogP contribution in [0.3, 0.4) is 0 Å². The number of aromatic nitrogens is 1. The van der Waals surface area contributed by atoms with Crippen molar-refractivity contribution in [1.29, 1.82) is 0 Å². The molecule has 0 unspecified atom stereocenters. The molecule has 3 aromatic rings. The minimum atomic E-state index is 0.287. The molecule has 0 radical (unpaired) electrons. The molecule has 0 saturated heterocycles. The van der Waals surface area contributed by atoms with Crippen LogP contribution in [0.15, 0.2) is 60.9 Å². The summed E-state index contributed by atoms with van der Waals surface area (Å²) in [7, 11) is 2.14. The molecule has 168 valence electrons. The monoisotopic (exact) mass is 427 g/mol. The van der Waals surface area contributed by atoms with E-state index in [1.807, 2.05) is 0 Å². The van der Waals surface area contributed by atoms with Gasteiger partial charge in [-0.05, 0) is 78.6 Å². The van der Waals surface area contributed by atoms with Crippen LogP contribution in [0, 0.1) is 13.8 Å². The third kappa shape index (κ3) is 3.74. The molecule has 0 fully saturated rings. The van der Waals surface area contributed by atoms with Crippen molar-refractivity contribution in [2.75, 3.05) is 11.9 Å². The molecule has 0 N–H and O–H groups in total. The Bertz CT molecular complexity index is 1110. The highest BCUT2D eigenvalue weighted by Gasteiger charge is 2.28. The predicted molar refractivity (Wildman–Crippen MR) is 138 cm³/mol. The zero-order valence-electron chi connectivity index (χ0n) is 20.8. The minimum Gasteiger partial charge on any atom is -0.359 e. The molecule has 3 nitrogen and oxygen atoms in total. The first-order valence-electron chi connectivity index (χ1n) is 11.8. The van der Waals surface area contributed by atoms with Crippen LogP contribution in [0.2, 0.25) is 0 Å². The van der Waals surface area contributed by atoms with Gasteiger partial charge in [0.15, 0.2) is 0 Å². The van der Waals surface area contributed by atoms with Crippen molar-refractivity contribution in [3.63, 3.8) is 0 Å². The van der Waals surface area contributed by atoms with E-state index in [9.17, 15) is 0 Å². The van der Waals surface area contributed by atoms with Crippen LogP contribution < -0.4 is 4.90 Å². The van der Waals surface area contributed by atoms with Crippen LogP contribution >= 0.6 is 0 Å². The summed E-state index contributed by atoms with van der Waals surface area (Å²) in [5, 5.41) is 0. The van der Waals surface area contributed by atoms with E-state index in [2.05, 4.69) is 131 Å². The lowest BCUT2D eigenvalue weighted by atomic mass is 9.88. The summed E-state index contributed by atoms with van der Waals surface area (Å²) < 4.78 is 2.51. The van der Waals surface area contributed by atoms with Crippen LogP contribution in [-0.4, -0.2) is 22.7 Å². The summed E-state index contributed by atoms with van der Waals surface area (Å²) in [6.45, 7) is 16.0. The van der Waals surface area contributed by atoms with Crippen molar-refractivity contribution in [3.8, 4) is 16.8 Å². The van der Waals surface area contributed by atoms with E-state index >= 15 is 0 Å². The molecule has 32 heavy (non-hydrogen) atoms. The average molecular weight is 428 g/mol. The predicted octanol–water partition coefficient (Wildman–Crippen LogP) is 7.58. The van der Waals surface area contributed by atoms with Crippen molar-refractivity contribution in [2.24, 2.45) is 0 Å². The standard InChI is InChI=1S/C29H37N3/c1-19(2)26-17-25(24-12-10-9-11-13-24)18-27(20(3)4)28(26)32-22(6)16-21(5)29(32)31-15-14-30(8)23(31)7/h9-20,23H,1-8H3/t23-/m0/s1. The highest BCUT2D eigenvalue weighted by Crippen LogP contribution is 2.41. The number of nitrogens with zero attached hydrogens (tertiary/aromatic N) is 3. The van der Waals surface area contributed by atoms with Gasteiger partial charge in [0.2, 0.25) is 0 Å². The van der Waals surface area contributed by atoms with Gasteiger partial charge in [-0.1, -0.05) is 58.0 Å². The molecular weight excluding hydrogens is 390 g/mol. The van der Waals surface area contributed by atoms with Crippen molar-refractivity contribution < 1.29 is 0 Å². The van der Waals surface area contributed by atoms with Gasteiger partial charge >= 0.3 is 0 Å². The van der Waals surface area contributed by atoms with Gasteiger partial charge in [0.05, 0.1) is 5.69 Å². The Morgan fingerprint density at radius 3 is 1.88 bits per heavy atom. The summed E-state index contributed by atoms with van der Waals surface area (Å²) in [5.74, 6) is 2.09. The van der Waals surface area contributed by atoms with Crippen molar-refractivity contribution >= 4 is 5.82 Å². The van der Waals surface area contributed by atoms with E-state index in [0.29, 0.717) is 11.8 Å². The normalized spacial score (nSPS) is 16.1. The van der Waals surface area contributed by atoms with Gasteiger partial charge in [0.1, 0.15) is 12.0 Å². The van der Waals surface area contributed by atoms with Crippen LogP contribution in [0.25, 0.3) is 16.8 Å². The fourth-order valence-electron chi connectivity index (χ4n) is 4.87. The Hall–Kier alpha value is -2.94. The van der Waals surface area contributed by atoms with E-state index in [4.69, 9.17) is 0 Å². The number of rotatable bonds is 5. The van der Waals surface area contributed by atoms with Gasteiger partial charge in [-0.3, -0.25) is 4.57 Å². The van der Waals surface area contributed by atoms with Crippen LogP contribution in [0.5, 0.6) is 0 Å². The van der Waals surface area contributed by atoms with Crippen LogP contribution in [0.4, 0.5) is 5.82 Å². The highest BCUT2D eigenvalue weighted by molar-refractivity contribution is 5.72. The molecule has 1 atom stereocenters. The summed E-state index contributed by atoms with van der Waals surface area (Å²) >= 11 is 0. The molecule has 0 spiro atoms. The molecule has 2 aromatic carbocycles. The van der Waals surface area contributed by atoms with Crippen molar-refractivity contribution in [3.05, 3.63) is 83.3 Å². The van der Waals surface area contributed by atoms with Gasteiger partial charge in [-0.25, -0.2) is 0 Å². The topological polar surface area (TPSA) is 11.4 Å². The van der Waals surface area contributed by atoms with E-state index in [1.165, 1.54) is 45.0 Å². The van der Waals surface area contributed by atoms with Crippen LogP contribution in [-0.2, 0) is 0 Å². The zero-order valence-corrected chi connectivity index (χ0v) is 20.8. The molecule has 0 bridgehead atoms. The van der Waals surface area contributed by atoms with Gasteiger partial charge in [0, 0.05) is 25.1 Å². The SMILES string of the molecule is Cc1cc(C)n(-c2c(C(C)C)cc(-c3ccccc3)cc2C(C)C)c1N1C=CN(C)[C@@H]1C. The molecule has 4 rings (SSSR count). The van der Waals surface area contributed by atoms with E-state index in [-0.39, 0.29) is 6.17 Å². The minimum absolute atomic E-state index is 0.287. The van der Waals surface area contributed by atoms with E-state index in [1.54, 1.807) is 0 Å². The molecule has 1 aliphatic heterocycles. The lowest BCUT2D eigenvalue weighted by Crippen LogP contribution is -2.35. The molecule has 0 saturated carbocycles. The Labute approximate surface area is 194 Å². The van der Waals surface area contributed by atoms with Gasteiger partial charge in [0.25, 0.3) is 0 Å². The maximum atomic E-state index is 2.51. The number of anilines is 1. The highest BCUT2D eigenvalue weighted by atomic mass is 15.4. The first kappa shape index (κ1) is 22.3. The molecule has 0 amide bonds. The van der Waals surface area contributed by atoms with Gasteiger partial charge in [-0.15, -0.1) is 0 Å². The number of aryl methyl sites for hydroxylation is 2. The molecule has 1 aromatic heterocycles. The summed E-state index contributed by atoms with van der Waals surface area (Å²) in [6.07, 6.45) is 4.67. The second-order valence-electron chi connectivity index (χ2n) is 9.81. The fraction of sp³-hybridized carbons (Fsp3) is 0.379. The summed E-state index contributed by atoms with van der Waals surface area (Å²) in [6, 6.07) is 17.9. The van der Waals surface area contributed by atoms with E-state index in [0.717, 1.165) is 0 Å². The number of benzene rings is 2. The van der Waals surface area contributed by atoms with Crippen molar-refractivity contribution in [1.82, 2.24) is 9.47 Å². The first-order valence-corrected chi connectivity index (χ1v) is 11.8. The molecule has 1 aliphatic rings. The largest absolute Gasteiger partial charge is 0.359 e. The second-order valence-corrected chi connectivity index (χ2v) is 9.81. The smallest absolute Gasteiger partial charge is 0.122 e. The quantitative estimate of drug-likeness (QED) is 0.416. The maximum Gasteiger partial charge on any atom is 0.122 e. The average Bonchev–Trinajstić information content (AvgIpc) is 3.24. The number of hydrogen-bond donors (Lipinski definition) is 0. The molecule has 2 heterocycles. The Morgan fingerprint density at radius 2 is 1.38 bits per heavy atom. The van der Waals surface area contributed by atoms with Crippen LogP contribution in [0.1, 0.15) is 68.8 Å². The van der Waals surface area contributed by atoms with Gasteiger partial charge < -0.3 is 9.80 Å². The van der Waals surface area contributed by atoms with Gasteiger partial charge in [-0.2, -0.15) is 0 Å². The van der Waals surface area contributed by atoms with E-state index < -0.39 is 0 Å². The van der Waals surface area contributed by atoms with Crippen molar-refractivity contribution in [2.45, 2.75) is 66.5 Å². The fourth-order valence-corrected chi connectivity index (χ4v) is 4.87.